The summed E-state index contributed by atoms with van der Waals surface area (Å²) in [4.78, 5) is 4.30. The molecule has 0 aromatic carbocycles. The third kappa shape index (κ3) is 7.19. The van der Waals surface area contributed by atoms with Gasteiger partial charge >= 0.3 is 0 Å². The monoisotopic (exact) mass is 214 g/mol. The number of nitrogens with two attached hydrogens (primary N) is 1. The molecule has 2 atom stereocenters. The van der Waals surface area contributed by atoms with Crippen LogP contribution in [-0.2, 0) is 0 Å². The van der Waals surface area contributed by atoms with Crippen LogP contribution in [0.1, 0.15) is 47.0 Å². The van der Waals surface area contributed by atoms with E-state index in [2.05, 4.69) is 43.4 Å². The second kappa shape index (κ2) is 8.53. The SMILES string of the molecule is CCCN=C(NN)NC(C)CC(C)CC. The summed E-state index contributed by atoms with van der Waals surface area (Å²) in [6.07, 6.45) is 3.39. The highest BCUT2D eigenvalue weighted by molar-refractivity contribution is 5.79. The molecule has 0 saturated heterocycles. The van der Waals surface area contributed by atoms with Gasteiger partial charge in [0, 0.05) is 12.6 Å². The van der Waals surface area contributed by atoms with Gasteiger partial charge in [0.05, 0.1) is 0 Å². The van der Waals surface area contributed by atoms with Crippen LogP contribution in [0.4, 0.5) is 0 Å². The van der Waals surface area contributed by atoms with Crippen LogP contribution in [0.5, 0.6) is 0 Å². The van der Waals surface area contributed by atoms with Gasteiger partial charge in [-0.05, 0) is 25.7 Å². The highest BCUT2D eigenvalue weighted by Crippen LogP contribution is 2.08. The van der Waals surface area contributed by atoms with Gasteiger partial charge in [-0.1, -0.05) is 27.2 Å². The van der Waals surface area contributed by atoms with E-state index in [1.54, 1.807) is 0 Å². The molecule has 0 saturated carbocycles. The number of hydrogen-bond acceptors (Lipinski definition) is 2. The topological polar surface area (TPSA) is 62.4 Å². The minimum absolute atomic E-state index is 0.409. The fourth-order valence-electron chi connectivity index (χ4n) is 1.42. The number of guanidine groups is 1. The zero-order valence-corrected chi connectivity index (χ0v) is 10.5. The van der Waals surface area contributed by atoms with Crippen LogP contribution in [-0.4, -0.2) is 18.5 Å². The second-order valence-corrected chi connectivity index (χ2v) is 4.17. The molecule has 0 bridgehead atoms. The summed E-state index contributed by atoms with van der Waals surface area (Å²) in [5.41, 5.74) is 2.60. The molecule has 2 unspecified atom stereocenters. The summed E-state index contributed by atoms with van der Waals surface area (Å²) >= 11 is 0. The lowest BCUT2D eigenvalue weighted by Gasteiger charge is -2.19. The van der Waals surface area contributed by atoms with Crippen LogP contribution >= 0.6 is 0 Å². The first kappa shape index (κ1) is 14.2. The van der Waals surface area contributed by atoms with Crippen LogP contribution in [0.15, 0.2) is 4.99 Å². The average Bonchev–Trinajstić information content (AvgIpc) is 2.23. The summed E-state index contributed by atoms with van der Waals surface area (Å²) in [5.74, 6) is 6.82. The predicted octanol–water partition coefficient (Wildman–Crippen LogP) is 1.63. The third-order valence-corrected chi connectivity index (χ3v) is 2.47. The first-order valence-corrected chi connectivity index (χ1v) is 5.91. The molecule has 15 heavy (non-hydrogen) atoms. The minimum atomic E-state index is 0.409. The van der Waals surface area contributed by atoms with Crippen LogP contribution in [0.3, 0.4) is 0 Å². The fourth-order valence-corrected chi connectivity index (χ4v) is 1.42. The molecule has 4 N–H and O–H groups in total. The molecular weight excluding hydrogens is 188 g/mol. The maximum Gasteiger partial charge on any atom is 0.205 e. The van der Waals surface area contributed by atoms with Crippen molar-refractivity contribution in [1.29, 1.82) is 0 Å². The van der Waals surface area contributed by atoms with Crippen molar-refractivity contribution in [3.8, 4) is 0 Å². The van der Waals surface area contributed by atoms with E-state index in [-0.39, 0.29) is 0 Å². The average molecular weight is 214 g/mol. The van der Waals surface area contributed by atoms with E-state index in [0.717, 1.165) is 25.3 Å². The first-order valence-electron chi connectivity index (χ1n) is 5.91. The number of nitrogens with zero attached hydrogens (tertiary/aromatic N) is 1. The smallest absolute Gasteiger partial charge is 0.205 e. The molecule has 0 aliphatic heterocycles. The number of aliphatic imine (C=N–C) groups is 1. The summed E-state index contributed by atoms with van der Waals surface area (Å²) in [6.45, 7) is 9.54. The Morgan fingerprint density at radius 3 is 2.47 bits per heavy atom. The summed E-state index contributed by atoms with van der Waals surface area (Å²) in [6, 6.07) is 0.409. The Morgan fingerprint density at radius 2 is 2.00 bits per heavy atom. The van der Waals surface area contributed by atoms with Crippen molar-refractivity contribution >= 4 is 5.96 Å². The fraction of sp³-hybridized carbons (Fsp3) is 0.909. The quantitative estimate of drug-likeness (QED) is 0.272. The van der Waals surface area contributed by atoms with Gasteiger partial charge in [0.25, 0.3) is 0 Å². The molecule has 0 aromatic rings. The number of nitrogens with one attached hydrogen (secondary N) is 2. The lowest BCUT2D eigenvalue weighted by molar-refractivity contribution is 0.445. The van der Waals surface area contributed by atoms with E-state index in [0.29, 0.717) is 12.0 Å². The van der Waals surface area contributed by atoms with E-state index in [9.17, 15) is 0 Å². The van der Waals surface area contributed by atoms with Crippen LogP contribution in [0, 0.1) is 5.92 Å². The predicted molar refractivity (Wildman–Crippen MR) is 66.6 cm³/mol. The Hall–Kier alpha value is -0.770. The van der Waals surface area contributed by atoms with E-state index >= 15 is 0 Å². The van der Waals surface area contributed by atoms with Crippen molar-refractivity contribution in [2.45, 2.75) is 53.0 Å². The van der Waals surface area contributed by atoms with Gasteiger partial charge in [-0.3, -0.25) is 10.4 Å². The molecule has 0 spiro atoms. The van der Waals surface area contributed by atoms with Gasteiger partial charge in [0.15, 0.2) is 0 Å². The van der Waals surface area contributed by atoms with Crippen molar-refractivity contribution in [2.75, 3.05) is 6.54 Å². The molecular formula is C11H26N4. The zero-order valence-electron chi connectivity index (χ0n) is 10.5. The molecule has 90 valence electrons. The molecule has 0 fully saturated rings. The molecule has 0 aromatic heterocycles. The lowest BCUT2D eigenvalue weighted by Crippen LogP contribution is -2.46. The van der Waals surface area contributed by atoms with Crippen LogP contribution in [0.2, 0.25) is 0 Å². The largest absolute Gasteiger partial charge is 0.353 e. The Balaban J connectivity index is 3.95. The molecule has 0 aliphatic rings. The van der Waals surface area contributed by atoms with Crippen LogP contribution < -0.4 is 16.6 Å². The van der Waals surface area contributed by atoms with Gasteiger partial charge in [-0.25, -0.2) is 5.84 Å². The molecule has 0 aliphatic carbocycles. The van der Waals surface area contributed by atoms with Crippen LogP contribution in [0.25, 0.3) is 0 Å². The summed E-state index contributed by atoms with van der Waals surface area (Å²) < 4.78 is 0. The normalized spacial score (nSPS) is 15.9. The number of hydrogen-bond donors (Lipinski definition) is 3. The van der Waals surface area contributed by atoms with E-state index in [1.807, 2.05) is 0 Å². The first-order chi connectivity index (χ1) is 7.13. The van der Waals surface area contributed by atoms with Crippen molar-refractivity contribution < 1.29 is 0 Å². The maximum atomic E-state index is 5.38. The highest BCUT2D eigenvalue weighted by atomic mass is 15.3. The van der Waals surface area contributed by atoms with E-state index in [1.165, 1.54) is 6.42 Å². The molecule has 0 rings (SSSR count). The Bertz CT molecular complexity index is 179. The number of hydrazine groups is 1. The third-order valence-electron chi connectivity index (χ3n) is 2.47. The summed E-state index contributed by atoms with van der Waals surface area (Å²) in [7, 11) is 0. The van der Waals surface area contributed by atoms with Gasteiger partial charge in [-0.15, -0.1) is 0 Å². The van der Waals surface area contributed by atoms with E-state index in [4.69, 9.17) is 5.84 Å². The van der Waals surface area contributed by atoms with E-state index < -0.39 is 0 Å². The Labute approximate surface area is 93.7 Å². The lowest BCUT2D eigenvalue weighted by atomic mass is 10.0. The van der Waals surface area contributed by atoms with Crippen molar-refractivity contribution in [3.05, 3.63) is 0 Å². The minimum Gasteiger partial charge on any atom is -0.353 e. The molecule has 0 radical (unpaired) electrons. The number of rotatable bonds is 6. The van der Waals surface area contributed by atoms with Crippen molar-refractivity contribution in [3.63, 3.8) is 0 Å². The second-order valence-electron chi connectivity index (χ2n) is 4.17. The molecule has 0 heterocycles. The molecule has 4 nitrogen and oxygen atoms in total. The van der Waals surface area contributed by atoms with Gasteiger partial charge in [0.1, 0.15) is 0 Å². The van der Waals surface area contributed by atoms with Crippen molar-refractivity contribution in [2.24, 2.45) is 16.8 Å². The highest BCUT2D eigenvalue weighted by Gasteiger charge is 2.08. The zero-order chi connectivity index (χ0) is 11.7. The molecule has 4 heteroatoms. The summed E-state index contributed by atoms with van der Waals surface area (Å²) in [5, 5.41) is 3.28. The Morgan fingerprint density at radius 1 is 1.33 bits per heavy atom. The van der Waals surface area contributed by atoms with Crippen molar-refractivity contribution in [1.82, 2.24) is 10.7 Å². The van der Waals surface area contributed by atoms with Gasteiger partial charge < -0.3 is 5.32 Å². The molecule has 0 amide bonds. The maximum absolute atomic E-state index is 5.38. The van der Waals surface area contributed by atoms with Gasteiger partial charge in [0.2, 0.25) is 5.96 Å². The standard InChI is InChI=1S/C11H26N4/c1-5-7-13-11(15-12)14-10(4)8-9(3)6-2/h9-10H,5-8,12H2,1-4H3,(H2,13,14,15). The van der Waals surface area contributed by atoms with Gasteiger partial charge in [-0.2, -0.15) is 0 Å². The Kier molecular flexibility index (Phi) is 8.09.